The maximum Gasteiger partial charge on any atom is 0.277 e. The molecule has 0 bridgehead atoms. The van der Waals surface area contributed by atoms with Crippen LogP contribution in [0.3, 0.4) is 0 Å². The fourth-order valence-corrected chi connectivity index (χ4v) is 7.27. The third-order valence-electron chi connectivity index (χ3n) is 7.29. The van der Waals surface area contributed by atoms with Crippen molar-refractivity contribution in [3.63, 3.8) is 0 Å². The number of amidine groups is 1. The van der Waals surface area contributed by atoms with Gasteiger partial charge in [-0.25, -0.2) is 13.4 Å². The summed E-state index contributed by atoms with van der Waals surface area (Å²) >= 11 is 1.55. The number of rotatable bonds is 5. The number of carbonyl (C=O) groups excluding carboxylic acids is 2. The average Bonchev–Trinajstić information content (AvgIpc) is 3.60. The van der Waals surface area contributed by atoms with Crippen LogP contribution in [0.5, 0.6) is 0 Å². The maximum atomic E-state index is 13.4. The summed E-state index contributed by atoms with van der Waals surface area (Å²) < 4.78 is 25.6. The van der Waals surface area contributed by atoms with Gasteiger partial charge in [-0.05, 0) is 37.8 Å². The van der Waals surface area contributed by atoms with E-state index in [1.807, 2.05) is 31.2 Å². The smallest absolute Gasteiger partial charge is 0.277 e. The molecule has 0 unspecified atom stereocenters. The molecule has 0 aliphatic carbocycles. The molecule has 12 heteroatoms. The fourth-order valence-electron chi connectivity index (χ4n) is 5.34. The molecule has 1 aromatic heterocycles. The number of nitrogens with zero attached hydrogens (tertiary/aromatic N) is 4. The minimum absolute atomic E-state index is 0.0616. The summed E-state index contributed by atoms with van der Waals surface area (Å²) in [5, 5.41) is 13.6. The van der Waals surface area contributed by atoms with Crippen molar-refractivity contribution in [2.75, 3.05) is 19.3 Å². The Morgan fingerprint density at radius 2 is 2.00 bits per heavy atom. The molecule has 0 saturated carbocycles. The van der Waals surface area contributed by atoms with Crippen LogP contribution in [0.15, 0.2) is 34.8 Å². The number of aryl methyl sites for hydroxylation is 1. The van der Waals surface area contributed by atoms with Gasteiger partial charge < -0.3 is 15.3 Å². The highest BCUT2D eigenvalue weighted by atomic mass is 32.2. The first-order valence-electron chi connectivity index (χ1n) is 11.9. The number of benzene rings is 1. The normalized spacial score (nSPS) is 29.0. The predicted molar refractivity (Wildman–Crippen MR) is 136 cm³/mol. The van der Waals surface area contributed by atoms with Crippen molar-refractivity contribution in [3.8, 4) is 10.4 Å². The van der Waals surface area contributed by atoms with Crippen LogP contribution in [0.25, 0.3) is 10.4 Å². The SMILES string of the molecule is Cc1ncsc1-c1ccc([C@]2(C)NC([C@@H]3C[C@@H](O)CN3C(=O)[C@H]3CCCN3S(C)(=O)=O)=NC2=O)cc1. The first-order valence-corrected chi connectivity index (χ1v) is 14.6. The lowest BCUT2D eigenvalue weighted by molar-refractivity contribution is -0.134. The number of carbonyl (C=O) groups is 2. The van der Waals surface area contributed by atoms with Crippen molar-refractivity contribution in [2.24, 2.45) is 4.99 Å². The second-order valence-electron chi connectivity index (χ2n) is 9.82. The van der Waals surface area contributed by atoms with Crippen molar-refractivity contribution in [1.29, 1.82) is 0 Å². The third-order valence-corrected chi connectivity index (χ3v) is 9.56. The highest BCUT2D eigenvalue weighted by Gasteiger charge is 2.49. The van der Waals surface area contributed by atoms with E-state index in [0.29, 0.717) is 25.2 Å². The second-order valence-corrected chi connectivity index (χ2v) is 12.6. The van der Waals surface area contributed by atoms with Crippen LogP contribution in [-0.2, 0) is 25.2 Å². The van der Waals surface area contributed by atoms with E-state index in [-0.39, 0.29) is 24.8 Å². The van der Waals surface area contributed by atoms with E-state index in [2.05, 4.69) is 15.3 Å². The Labute approximate surface area is 214 Å². The standard InChI is InChI=1S/C24H29N5O5S2/c1-14-20(35-13-25-14)15-6-8-16(9-7-15)24(2)23(32)26-21(27-24)19-11-17(30)12-28(19)22(31)18-5-4-10-29(18)36(3,33)34/h6-9,13,17-19,30H,4-5,10-12H2,1-3H3,(H,26,27,32)/t17-,18-,19+,24+/m1/s1. The molecule has 2 aromatic rings. The number of sulfonamides is 1. The van der Waals surface area contributed by atoms with Crippen LogP contribution in [0.2, 0.25) is 0 Å². The summed E-state index contributed by atoms with van der Waals surface area (Å²) in [5.74, 6) is -0.431. The van der Waals surface area contributed by atoms with E-state index in [1.165, 1.54) is 9.21 Å². The molecule has 2 amide bonds. The van der Waals surface area contributed by atoms with Gasteiger partial charge in [-0.15, -0.1) is 11.3 Å². The molecule has 3 aliphatic rings. The van der Waals surface area contributed by atoms with Gasteiger partial charge in [-0.1, -0.05) is 24.3 Å². The number of thiazole rings is 1. The number of amides is 2. The van der Waals surface area contributed by atoms with Crippen molar-refractivity contribution >= 4 is 39.0 Å². The first kappa shape index (κ1) is 25.0. The minimum Gasteiger partial charge on any atom is -0.391 e. The van der Waals surface area contributed by atoms with Crippen molar-refractivity contribution in [1.82, 2.24) is 19.5 Å². The summed E-state index contributed by atoms with van der Waals surface area (Å²) in [4.78, 5) is 37.7. The Kier molecular flexibility index (Phi) is 6.26. The summed E-state index contributed by atoms with van der Waals surface area (Å²) in [6.45, 7) is 4.06. The largest absolute Gasteiger partial charge is 0.391 e. The van der Waals surface area contributed by atoms with Crippen LogP contribution >= 0.6 is 11.3 Å². The third kappa shape index (κ3) is 4.25. The van der Waals surface area contributed by atoms with Crippen LogP contribution in [-0.4, -0.2) is 82.9 Å². The Balaban J connectivity index is 1.37. The molecule has 36 heavy (non-hydrogen) atoms. The number of β-amino-alcohol motifs (C(OH)–C–C–N with tert-alkyl or cyclic N) is 1. The molecule has 2 saturated heterocycles. The molecule has 10 nitrogen and oxygen atoms in total. The second kappa shape index (κ2) is 9.02. The number of hydrogen-bond acceptors (Lipinski definition) is 8. The molecule has 5 rings (SSSR count). The maximum absolute atomic E-state index is 13.4. The molecular formula is C24H29N5O5S2. The fraction of sp³-hybridized carbons (Fsp3) is 0.500. The Hall–Kier alpha value is -2.67. The molecule has 4 atom stereocenters. The number of aliphatic hydroxyl groups is 1. The molecule has 3 aliphatic heterocycles. The molecule has 2 N–H and O–H groups in total. The molecule has 0 radical (unpaired) electrons. The van der Waals surface area contributed by atoms with Crippen LogP contribution < -0.4 is 5.32 Å². The number of aromatic nitrogens is 1. The van der Waals surface area contributed by atoms with E-state index in [1.54, 1.807) is 23.8 Å². The molecule has 0 spiro atoms. The number of nitrogens with one attached hydrogen (secondary N) is 1. The van der Waals surface area contributed by atoms with Gasteiger partial charge in [-0.2, -0.15) is 9.30 Å². The van der Waals surface area contributed by atoms with Crippen LogP contribution in [0, 0.1) is 6.92 Å². The zero-order chi connectivity index (χ0) is 25.8. The van der Waals surface area contributed by atoms with Crippen molar-refractivity contribution < 1.29 is 23.1 Å². The van der Waals surface area contributed by atoms with Gasteiger partial charge >= 0.3 is 0 Å². The molecule has 192 valence electrons. The predicted octanol–water partition coefficient (Wildman–Crippen LogP) is 1.25. The van der Waals surface area contributed by atoms with Crippen molar-refractivity contribution in [2.45, 2.75) is 56.8 Å². The van der Waals surface area contributed by atoms with Gasteiger partial charge in [0.2, 0.25) is 15.9 Å². The zero-order valence-corrected chi connectivity index (χ0v) is 22.0. The Morgan fingerprint density at radius 3 is 2.64 bits per heavy atom. The molecule has 2 fully saturated rings. The van der Waals surface area contributed by atoms with Gasteiger partial charge in [0.15, 0.2) is 0 Å². The summed E-state index contributed by atoms with van der Waals surface area (Å²) in [6.07, 6.45) is 1.55. The zero-order valence-electron chi connectivity index (χ0n) is 20.3. The lowest BCUT2D eigenvalue weighted by Crippen LogP contribution is -2.54. The van der Waals surface area contributed by atoms with E-state index < -0.39 is 33.7 Å². The van der Waals surface area contributed by atoms with Crippen LogP contribution in [0.4, 0.5) is 0 Å². The highest BCUT2D eigenvalue weighted by Crippen LogP contribution is 2.34. The molecule has 4 heterocycles. The van der Waals surface area contributed by atoms with E-state index in [0.717, 1.165) is 28.0 Å². The summed E-state index contributed by atoms with van der Waals surface area (Å²) in [6, 6.07) is 6.21. The van der Waals surface area contributed by atoms with Gasteiger partial charge in [0.25, 0.3) is 5.91 Å². The Bertz CT molecular complexity index is 1340. The van der Waals surface area contributed by atoms with Gasteiger partial charge in [-0.3, -0.25) is 9.59 Å². The lowest BCUT2D eigenvalue weighted by Gasteiger charge is -2.31. The number of hydrogen-bond donors (Lipinski definition) is 2. The molecular weight excluding hydrogens is 502 g/mol. The van der Waals surface area contributed by atoms with E-state index in [9.17, 15) is 23.1 Å². The highest BCUT2D eigenvalue weighted by molar-refractivity contribution is 7.88. The van der Waals surface area contributed by atoms with Gasteiger partial charge in [0.1, 0.15) is 17.4 Å². The quantitative estimate of drug-likeness (QED) is 0.593. The average molecular weight is 532 g/mol. The lowest BCUT2D eigenvalue weighted by atomic mass is 9.91. The van der Waals surface area contributed by atoms with Crippen LogP contribution in [0.1, 0.15) is 37.4 Å². The van der Waals surface area contributed by atoms with E-state index >= 15 is 0 Å². The monoisotopic (exact) mass is 531 g/mol. The van der Waals surface area contributed by atoms with Gasteiger partial charge in [0.05, 0.1) is 34.5 Å². The summed E-state index contributed by atoms with van der Waals surface area (Å²) in [5.41, 5.74) is 3.36. The van der Waals surface area contributed by atoms with Gasteiger partial charge in [0, 0.05) is 19.5 Å². The Morgan fingerprint density at radius 1 is 1.28 bits per heavy atom. The number of aliphatic hydroxyl groups excluding tert-OH is 1. The van der Waals surface area contributed by atoms with E-state index in [4.69, 9.17) is 0 Å². The minimum atomic E-state index is -3.54. The number of aliphatic imine (C=N–C) groups is 1. The van der Waals surface area contributed by atoms with Crippen molar-refractivity contribution in [3.05, 3.63) is 41.0 Å². The number of likely N-dealkylation sites (tertiary alicyclic amines) is 1. The first-order chi connectivity index (χ1) is 17.0. The molecule has 1 aromatic carbocycles. The topological polar surface area (TPSA) is 132 Å². The summed E-state index contributed by atoms with van der Waals surface area (Å²) in [7, 11) is -3.54.